The van der Waals surface area contributed by atoms with Gasteiger partial charge in [0.15, 0.2) is 5.89 Å². The average molecular weight is 358 g/mol. The molecule has 1 aliphatic rings. The predicted molar refractivity (Wildman–Crippen MR) is 93.2 cm³/mol. The number of carbonyl (C=O) groups is 2. The van der Waals surface area contributed by atoms with E-state index >= 15 is 0 Å². The van der Waals surface area contributed by atoms with Gasteiger partial charge in [0.25, 0.3) is 5.91 Å². The summed E-state index contributed by atoms with van der Waals surface area (Å²) in [5, 5.41) is 11.4. The van der Waals surface area contributed by atoms with Crippen LogP contribution in [0.4, 0.5) is 0 Å². The van der Waals surface area contributed by atoms with Crippen molar-refractivity contribution in [2.24, 2.45) is 0 Å². The van der Waals surface area contributed by atoms with Crippen LogP contribution >= 0.6 is 0 Å². The highest BCUT2D eigenvalue weighted by molar-refractivity contribution is 5.92. The van der Waals surface area contributed by atoms with Crippen LogP contribution in [0.2, 0.25) is 0 Å². The van der Waals surface area contributed by atoms with Crippen LogP contribution in [0.5, 0.6) is 5.75 Å². The van der Waals surface area contributed by atoms with Gasteiger partial charge < -0.3 is 19.6 Å². The largest absolute Gasteiger partial charge is 0.494 e. The molecule has 0 radical (unpaired) electrons. The first-order chi connectivity index (χ1) is 12.5. The van der Waals surface area contributed by atoms with Gasteiger partial charge >= 0.3 is 5.97 Å². The van der Waals surface area contributed by atoms with Crippen LogP contribution < -0.4 is 10.1 Å². The first kappa shape index (κ1) is 18.0. The molecule has 1 aromatic heterocycles. The van der Waals surface area contributed by atoms with Gasteiger partial charge in [-0.3, -0.25) is 9.59 Å². The van der Waals surface area contributed by atoms with Crippen molar-refractivity contribution in [3.8, 4) is 5.75 Å². The maximum Gasteiger partial charge on any atom is 0.303 e. The molecule has 0 spiro atoms. The second-order valence-corrected chi connectivity index (χ2v) is 6.41. The van der Waals surface area contributed by atoms with E-state index in [0.717, 1.165) is 18.4 Å². The number of hydrogen-bond donors (Lipinski definition) is 2. The third-order valence-electron chi connectivity index (χ3n) is 4.13. The molecule has 0 aliphatic heterocycles. The third-order valence-corrected chi connectivity index (χ3v) is 4.13. The summed E-state index contributed by atoms with van der Waals surface area (Å²) in [4.78, 5) is 27.0. The Labute approximate surface area is 151 Å². The summed E-state index contributed by atoms with van der Waals surface area (Å²) in [5.74, 6) is 0.896. The fourth-order valence-electron chi connectivity index (χ4n) is 2.51. The van der Waals surface area contributed by atoms with E-state index in [4.69, 9.17) is 14.3 Å². The topological polar surface area (TPSA) is 102 Å². The van der Waals surface area contributed by atoms with E-state index in [0.29, 0.717) is 42.8 Å². The summed E-state index contributed by atoms with van der Waals surface area (Å²) >= 11 is 0. The highest BCUT2D eigenvalue weighted by Gasteiger charge is 2.30. The van der Waals surface area contributed by atoms with E-state index in [1.54, 1.807) is 19.1 Å². The quantitative estimate of drug-likeness (QED) is 0.668. The number of hydrogen-bond acceptors (Lipinski definition) is 5. The molecule has 3 rings (SSSR count). The monoisotopic (exact) mass is 358 g/mol. The second-order valence-electron chi connectivity index (χ2n) is 6.41. The Balaban J connectivity index is 1.47. The number of nitrogens with one attached hydrogen (secondary N) is 1. The fraction of sp³-hybridized carbons (Fsp3) is 0.421. The van der Waals surface area contributed by atoms with Gasteiger partial charge in [-0.05, 0) is 43.9 Å². The molecule has 1 heterocycles. The summed E-state index contributed by atoms with van der Waals surface area (Å²) < 4.78 is 11.1. The molecule has 1 fully saturated rings. The zero-order valence-electron chi connectivity index (χ0n) is 14.7. The molecule has 1 amide bonds. The number of carboxylic acids is 1. The minimum atomic E-state index is -0.828. The van der Waals surface area contributed by atoms with Gasteiger partial charge in [0.2, 0.25) is 5.76 Å². The number of benzene rings is 1. The van der Waals surface area contributed by atoms with Gasteiger partial charge in [0.05, 0.1) is 12.3 Å². The van der Waals surface area contributed by atoms with Gasteiger partial charge in [-0.25, -0.2) is 4.98 Å². The highest BCUT2D eigenvalue weighted by atomic mass is 16.5. The molecule has 0 unspecified atom stereocenters. The normalized spacial score (nSPS) is 13.4. The van der Waals surface area contributed by atoms with Crippen LogP contribution in [-0.2, 0) is 11.3 Å². The molecule has 2 N–H and O–H groups in total. The molecule has 7 heteroatoms. The van der Waals surface area contributed by atoms with E-state index < -0.39 is 5.97 Å². The predicted octanol–water partition coefficient (Wildman–Crippen LogP) is 3.03. The van der Waals surface area contributed by atoms with Crippen molar-refractivity contribution >= 4 is 11.9 Å². The zero-order valence-corrected chi connectivity index (χ0v) is 14.7. The van der Waals surface area contributed by atoms with Crippen LogP contribution in [0.15, 0.2) is 28.7 Å². The van der Waals surface area contributed by atoms with Gasteiger partial charge in [0.1, 0.15) is 5.75 Å². The van der Waals surface area contributed by atoms with Crippen molar-refractivity contribution in [2.45, 2.75) is 45.1 Å². The van der Waals surface area contributed by atoms with Crippen LogP contribution in [0.1, 0.15) is 59.3 Å². The maximum absolute atomic E-state index is 12.3. The number of amides is 1. The summed E-state index contributed by atoms with van der Waals surface area (Å²) in [6.07, 6.45) is 2.71. The first-order valence-corrected chi connectivity index (χ1v) is 8.72. The number of aryl methyl sites for hydroxylation is 1. The Kier molecular flexibility index (Phi) is 5.55. The van der Waals surface area contributed by atoms with Crippen molar-refractivity contribution in [2.75, 3.05) is 6.61 Å². The van der Waals surface area contributed by atoms with Crippen LogP contribution in [0.3, 0.4) is 0 Å². The fourth-order valence-corrected chi connectivity index (χ4v) is 2.51. The van der Waals surface area contributed by atoms with Crippen molar-refractivity contribution in [1.29, 1.82) is 0 Å². The third kappa shape index (κ3) is 4.84. The Morgan fingerprint density at radius 3 is 2.69 bits per heavy atom. The first-order valence-electron chi connectivity index (χ1n) is 8.72. The van der Waals surface area contributed by atoms with Crippen LogP contribution in [-0.4, -0.2) is 28.6 Å². The molecule has 138 valence electrons. The van der Waals surface area contributed by atoms with E-state index in [1.165, 1.54) is 0 Å². The molecule has 0 bridgehead atoms. The molecular weight excluding hydrogens is 336 g/mol. The SMILES string of the molecule is Cc1nc(C2CC2)oc1C(=O)NCc1ccc(OCCCC(=O)O)cc1. The zero-order chi connectivity index (χ0) is 18.5. The lowest BCUT2D eigenvalue weighted by Crippen LogP contribution is -2.23. The lowest BCUT2D eigenvalue weighted by Gasteiger charge is -2.07. The van der Waals surface area contributed by atoms with Gasteiger partial charge in [0, 0.05) is 18.9 Å². The van der Waals surface area contributed by atoms with Crippen molar-refractivity contribution < 1.29 is 23.8 Å². The number of oxazole rings is 1. The van der Waals surface area contributed by atoms with E-state index in [-0.39, 0.29) is 18.1 Å². The molecule has 1 aromatic carbocycles. The van der Waals surface area contributed by atoms with Gasteiger partial charge in [-0.1, -0.05) is 12.1 Å². The number of aliphatic carboxylic acids is 1. The number of ether oxygens (including phenoxy) is 1. The Bertz CT molecular complexity index is 778. The minimum Gasteiger partial charge on any atom is -0.494 e. The summed E-state index contributed by atoms with van der Waals surface area (Å²) in [5.41, 5.74) is 1.55. The number of carbonyl (C=O) groups excluding carboxylic acids is 1. The number of rotatable bonds is 9. The number of carboxylic acid groups (broad SMARTS) is 1. The summed E-state index contributed by atoms with van der Waals surface area (Å²) in [6.45, 7) is 2.51. The van der Waals surface area contributed by atoms with Gasteiger partial charge in [-0.15, -0.1) is 0 Å². The Morgan fingerprint density at radius 1 is 1.31 bits per heavy atom. The van der Waals surface area contributed by atoms with Crippen LogP contribution in [0, 0.1) is 6.92 Å². The molecule has 1 saturated carbocycles. The van der Waals surface area contributed by atoms with E-state index in [2.05, 4.69) is 10.3 Å². The standard InChI is InChI=1S/C19H22N2O5/c1-12-17(26-19(21-12)14-6-7-14)18(24)20-11-13-4-8-15(9-5-13)25-10-2-3-16(22)23/h4-5,8-9,14H,2-3,6-7,10-11H2,1H3,(H,20,24)(H,22,23). The van der Waals surface area contributed by atoms with Gasteiger partial charge in [-0.2, -0.15) is 0 Å². The maximum atomic E-state index is 12.3. The number of aromatic nitrogens is 1. The molecular formula is C19H22N2O5. The molecule has 2 aromatic rings. The van der Waals surface area contributed by atoms with E-state index in [1.807, 2.05) is 12.1 Å². The van der Waals surface area contributed by atoms with E-state index in [9.17, 15) is 9.59 Å². The smallest absolute Gasteiger partial charge is 0.303 e. The molecule has 0 atom stereocenters. The Morgan fingerprint density at radius 2 is 2.04 bits per heavy atom. The lowest BCUT2D eigenvalue weighted by molar-refractivity contribution is -0.137. The summed E-state index contributed by atoms with van der Waals surface area (Å²) in [6, 6.07) is 7.31. The van der Waals surface area contributed by atoms with Crippen molar-refractivity contribution in [1.82, 2.24) is 10.3 Å². The second kappa shape index (κ2) is 8.03. The highest BCUT2D eigenvalue weighted by Crippen LogP contribution is 2.40. The van der Waals surface area contributed by atoms with Crippen molar-refractivity contribution in [3.63, 3.8) is 0 Å². The molecule has 0 saturated heterocycles. The molecule has 7 nitrogen and oxygen atoms in total. The van der Waals surface area contributed by atoms with Crippen molar-refractivity contribution in [3.05, 3.63) is 47.2 Å². The molecule has 1 aliphatic carbocycles. The lowest BCUT2D eigenvalue weighted by atomic mass is 10.2. The minimum absolute atomic E-state index is 0.0909. The Hall–Kier alpha value is -2.83. The van der Waals surface area contributed by atoms with Crippen LogP contribution in [0.25, 0.3) is 0 Å². The summed E-state index contributed by atoms with van der Waals surface area (Å²) in [7, 11) is 0. The molecule has 26 heavy (non-hydrogen) atoms. The number of nitrogens with zero attached hydrogens (tertiary/aromatic N) is 1. The average Bonchev–Trinajstić information content (AvgIpc) is 3.40.